The zero-order valence-electron chi connectivity index (χ0n) is 15.9. The van der Waals surface area contributed by atoms with Crippen LogP contribution in [-0.4, -0.2) is 54.8 Å². The second-order valence-corrected chi connectivity index (χ2v) is 7.23. The van der Waals surface area contributed by atoms with Crippen molar-refractivity contribution in [2.24, 2.45) is 5.92 Å². The van der Waals surface area contributed by atoms with Gasteiger partial charge in [0.15, 0.2) is 0 Å². The number of carbonyl (C=O) groups excluding carboxylic acids is 2. The van der Waals surface area contributed by atoms with Gasteiger partial charge in [-0.1, -0.05) is 31.4 Å². The van der Waals surface area contributed by atoms with Gasteiger partial charge in [-0.25, -0.2) is 4.98 Å². The van der Waals surface area contributed by atoms with Gasteiger partial charge in [0.1, 0.15) is 5.82 Å². The minimum absolute atomic E-state index is 0.0887. The number of aliphatic hydroxyl groups excluding tert-OH is 1. The molecule has 1 aliphatic rings. The standard InChI is InChI=1S/C19H28ClN3O4/c1-3-4-5-15(24)12-22-18(25)14-10-16(20)17(21-11-14)23-8-6-13(7-9-23)19(26)27-2/h10-11,13,15,24H,3-9,12H2,1-2H3,(H,22,25). The van der Waals surface area contributed by atoms with E-state index in [0.717, 1.165) is 12.8 Å². The predicted molar refractivity (Wildman–Crippen MR) is 104 cm³/mol. The summed E-state index contributed by atoms with van der Waals surface area (Å²) in [5, 5.41) is 12.9. The number of esters is 1. The second kappa shape index (κ2) is 10.5. The monoisotopic (exact) mass is 397 g/mol. The highest BCUT2D eigenvalue weighted by molar-refractivity contribution is 6.33. The molecule has 2 rings (SSSR count). The first kappa shape index (κ1) is 21.4. The highest BCUT2D eigenvalue weighted by Crippen LogP contribution is 2.28. The molecule has 0 saturated carbocycles. The van der Waals surface area contributed by atoms with E-state index in [9.17, 15) is 14.7 Å². The minimum Gasteiger partial charge on any atom is -0.469 e. The third-order valence-electron chi connectivity index (χ3n) is 4.80. The molecule has 150 valence electrons. The van der Waals surface area contributed by atoms with Gasteiger partial charge in [-0.2, -0.15) is 0 Å². The lowest BCUT2D eigenvalue weighted by Gasteiger charge is -2.32. The maximum atomic E-state index is 12.2. The molecule has 8 heteroatoms. The van der Waals surface area contributed by atoms with Gasteiger partial charge in [0, 0.05) is 25.8 Å². The number of methoxy groups -OCH3 is 1. The molecular formula is C19H28ClN3O4. The molecule has 0 aromatic carbocycles. The molecule has 0 spiro atoms. The quantitative estimate of drug-likeness (QED) is 0.654. The van der Waals surface area contributed by atoms with E-state index in [1.165, 1.54) is 13.3 Å². The third-order valence-corrected chi connectivity index (χ3v) is 5.08. The summed E-state index contributed by atoms with van der Waals surface area (Å²) in [5.41, 5.74) is 0.357. The Bertz CT molecular complexity index is 648. The van der Waals surface area contributed by atoms with Gasteiger partial charge in [-0.15, -0.1) is 0 Å². The van der Waals surface area contributed by atoms with Gasteiger partial charge in [-0.05, 0) is 25.3 Å². The van der Waals surface area contributed by atoms with Crippen molar-refractivity contribution in [1.29, 1.82) is 0 Å². The summed E-state index contributed by atoms with van der Waals surface area (Å²) in [5.74, 6) is 0.0338. The van der Waals surface area contributed by atoms with Crippen molar-refractivity contribution in [2.75, 3.05) is 31.6 Å². The first-order chi connectivity index (χ1) is 13.0. The lowest BCUT2D eigenvalue weighted by Crippen LogP contribution is -2.37. The van der Waals surface area contributed by atoms with Crippen molar-refractivity contribution >= 4 is 29.3 Å². The average molecular weight is 398 g/mol. The fourth-order valence-corrected chi connectivity index (χ4v) is 3.42. The van der Waals surface area contributed by atoms with Gasteiger partial charge in [0.25, 0.3) is 5.91 Å². The first-order valence-electron chi connectivity index (χ1n) is 9.40. The molecule has 0 aliphatic carbocycles. The van der Waals surface area contributed by atoms with Crippen LogP contribution in [0.3, 0.4) is 0 Å². The van der Waals surface area contributed by atoms with Crippen molar-refractivity contribution in [1.82, 2.24) is 10.3 Å². The number of hydrogen-bond donors (Lipinski definition) is 2. The lowest BCUT2D eigenvalue weighted by molar-refractivity contribution is -0.146. The van der Waals surface area contributed by atoms with Crippen LogP contribution in [0.1, 0.15) is 49.4 Å². The minimum atomic E-state index is -0.548. The van der Waals surface area contributed by atoms with E-state index >= 15 is 0 Å². The molecule has 27 heavy (non-hydrogen) atoms. The zero-order valence-corrected chi connectivity index (χ0v) is 16.7. The summed E-state index contributed by atoms with van der Waals surface area (Å²) in [6.07, 6.45) is 4.89. The molecule has 2 heterocycles. The van der Waals surface area contributed by atoms with E-state index in [4.69, 9.17) is 16.3 Å². The van der Waals surface area contributed by atoms with E-state index in [1.54, 1.807) is 6.07 Å². The largest absolute Gasteiger partial charge is 0.469 e. The average Bonchev–Trinajstić information content (AvgIpc) is 2.69. The van der Waals surface area contributed by atoms with Crippen molar-refractivity contribution < 1.29 is 19.4 Å². The molecule has 0 radical (unpaired) electrons. The molecule has 1 aliphatic heterocycles. The zero-order chi connectivity index (χ0) is 19.8. The summed E-state index contributed by atoms with van der Waals surface area (Å²) in [4.78, 5) is 30.2. The van der Waals surface area contributed by atoms with Crippen LogP contribution in [-0.2, 0) is 9.53 Å². The Labute approximate surface area is 165 Å². The van der Waals surface area contributed by atoms with Crippen molar-refractivity contribution in [3.63, 3.8) is 0 Å². The SMILES string of the molecule is CCCCC(O)CNC(=O)c1cnc(N2CCC(C(=O)OC)CC2)c(Cl)c1. The number of aliphatic hydroxyl groups is 1. The first-order valence-corrected chi connectivity index (χ1v) is 9.78. The molecule has 1 atom stereocenters. The van der Waals surface area contributed by atoms with Gasteiger partial charge < -0.3 is 20.1 Å². The van der Waals surface area contributed by atoms with E-state index in [2.05, 4.69) is 17.2 Å². The van der Waals surface area contributed by atoms with Gasteiger partial charge in [-0.3, -0.25) is 9.59 Å². The van der Waals surface area contributed by atoms with Crippen LogP contribution >= 0.6 is 11.6 Å². The number of halogens is 1. The molecule has 2 N–H and O–H groups in total. The number of unbranched alkanes of at least 4 members (excludes halogenated alkanes) is 1. The molecule has 1 unspecified atom stereocenters. The van der Waals surface area contributed by atoms with E-state index in [0.29, 0.717) is 48.8 Å². The normalized spacial score (nSPS) is 16.1. The van der Waals surface area contributed by atoms with Crippen molar-refractivity contribution in [3.8, 4) is 0 Å². The molecule has 1 aromatic rings. The Kier molecular flexibility index (Phi) is 8.31. The Morgan fingerprint density at radius 1 is 1.44 bits per heavy atom. The topological polar surface area (TPSA) is 91.8 Å². The van der Waals surface area contributed by atoms with Crippen LogP contribution in [0.2, 0.25) is 5.02 Å². The maximum Gasteiger partial charge on any atom is 0.308 e. The summed E-state index contributed by atoms with van der Waals surface area (Å²) >= 11 is 6.34. The van der Waals surface area contributed by atoms with Crippen LogP contribution < -0.4 is 10.2 Å². The number of piperidine rings is 1. The van der Waals surface area contributed by atoms with E-state index < -0.39 is 6.10 Å². The fourth-order valence-electron chi connectivity index (χ4n) is 3.14. The number of nitrogens with zero attached hydrogens (tertiary/aromatic N) is 2. The molecule has 1 amide bonds. The Morgan fingerprint density at radius 2 is 2.15 bits per heavy atom. The highest BCUT2D eigenvalue weighted by Gasteiger charge is 2.27. The Balaban J connectivity index is 1.91. The van der Waals surface area contributed by atoms with Crippen molar-refractivity contribution in [3.05, 3.63) is 22.8 Å². The summed E-state index contributed by atoms with van der Waals surface area (Å²) in [6.45, 7) is 3.57. The fraction of sp³-hybridized carbons (Fsp3) is 0.632. The van der Waals surface area contributed by atoms with Crippen molar-refractivity contribution in [2.45, 2.75) is 45.1 Å². The second-order valence-electron chi connectivity index (χ2n) is 6.82. The molecule has 1 fully saturated rings. The highest BCUT2D eigenvalue weighted by atomic mass is 35.5. The van der Waals surface area contributed by atoms with Gasteiger partial charge in [0.05, 0.1) is 29.7 Å². The summed E-state index contributed by atoms with van der Waals surface area (Å²) < 4.78 is 4.80. The smallest absolute Gasteiger partial charge is 0.308 e. The summed E-state index contributed by atoms with van der Waals surface area (Å²) in [6, 6.07) is 1.59. The number of anilines is 1. The number of pyridine rings is 1. The Hall–Kier alpha value is -1.86. The van der Waals surface area contributed by atoms with Gasteiger partial charge >= 0.3 is 5.97 Å². The molecule has 1 saturated heterocycles. The van der Waals surface area contributed by atoms with E-state index in [1.807, 2.05) is 4.90 Å². The third kappa shape index (κ3) is 6.07. The van der Waals surface area contributed by atoms with Crippen LogP contribution in [0.25, 0.3) is 0 Å². The predicted octanol–water partition coefficient (Wildman–Crippen LogP) is 2.41. The number of aromatic nitrogens is 1. The molecular weight excluding hydrogens is 370 g/mol. The number of amides is 1. The number of nitrogens with one attached hydrogen (secondary N) is 1. The van der Waals surface area contributed by atoms with Crippen LogP contribution in [0.5, 0.6) is 0 Å². The number of ether oxygens (including phenoxy) is 1. The molecule has 7 nitrogen and oxygen atoms in total. The number of rotatable bonds is 8. The van der Waals surface area contributed by atoms with Crippen LogP contribution in [0.4, 0.5) is 5.82 Å². The number of hydrogen-bond acceptors (Lipinski definition) is 6. The van der Waals surface area contributed by atoms with E-state index in [-0.39, 0.29) is 24.3 Å². The lowest BCUT2D eigenvalue weighted by atomic mass is 9.97. The Morgan fingerprint density at radius 3 is 2.74 bits per heavy atom. The number of carbonyl (C=O) groups is 2. The molecule has 1 aromatic heterocycles. The molecule has 0 bridgehead atoms. The van der Waals surface area contributed by atoms with Gasteiger partial charge in [0.2, 0.25) is 0 Å². The van der Waals surface area contributed by atoms with Crippen LogP contribution in [0, 0.1) is 5.92 Å². The van der Waals surface area contributed by atoms with Crippen LogP contribution in [0.15, 0.2) is 12.3 Å². The summed E-state index contributed by atoms with van der Waals surface area (Å²) in [7, 11) is 1.40. The maximum absolute atomic E-state index is 12.2.